The molecule has 0 aliphatic carbocycles. The van der Waals surface area contributed by atoms with Gasteiger partial charge in [0.1, 0.15) is 5.82 Å². The van der Waals surface area contributed by atoms with Gasteiger partial charge in [0.15, 0.2) is 5.13 Å². The predicted molar refractivity (Wildman–Crippen MR) is 121 cm³/mol. The average Bonchev–Trinajstić information content (AvgIpc) is 3.21. The first-order valence-corrected chi connectivity index (χ1v) is 12.0. The highest BCUT2D eigenvalue weighted by Crippen LogP contribution is 2.23. The number of carbonyl (C=O) groups excluding carboxylic acids is 1. The second-order valence-corrected chi connectivity index (χ2v) is 10.2. The van der Waals surface area contributed by atoms with Crippen molar-refractivity contribution in [2.24, 2.45) is 0 Å². The SMILES string of the molecule is Cc1ccccc1C(=O)c1cnc(NCCCN(C)S(=O)(=O)c2cc(F)ccc2C)s1. The van der Waals surface area contributed by atoms with Crippen LogP contribution < -0.4 is 5.32 Å². The standard InChI is InChI=1S/C22H24FN3O3S2/c1-15-7-4-5-8-18(15)21(27)19-14-25-22(30-19)24-11-6-12-26(3)31(28,29)20-13-17(23)10-9-16(20)2/h4-5,7-10,13-14H,6,11-12H2,1-3H3,(H,24,25). The van der Waals surface area contributed by atoms with E-state index in [1.54, 1.807) is 19.2 Å². The Morgan fingerprint density at radius 1 is 1.16 bits per heavy atom. The third-order valence-electron chi connectivity index (χ3n) is 4.88. The third kappa shape index (κ3) is 5.36. The summed E-state index contributed by atoms with van der Waals surface area (Å²) in [6.45, 7) is 4.27. The molecule has 3 rings (SSSR count). The van der Waals surface area contributed by atoms with Crippen LogP contribution in [-0.2, 0) is 10.0 Å². The molecule has 0 spiro atoms. The van der Waals surface area contributed by atoms with Crippen molar-refractivity contribution >= 4 is 32.3 Å². The van der Waals surface area contributed by atoms with Crippen LogP contribution in [0.15, 0.2) is 53.6 Å². The fraction of sp³-hybridized carbons (Fsp3) is 0.273. The quantitative estimate of drug-likeness (QED) is 0.381. The van der Waals surface area contributed by atoms with Crippen LogP contribution in [0.1, 0.15) is 32.8 Å². The Labute approximate surface area is 185 Å². The van der Waals surface area contributed by atoms with Crippen molar-refractivity contribution in [3.8, 4) is 0 Å². The van der Waals surface area contributed by atoms with Gasteiger partial charge in [0, 0.05) is 25.7 Å². The molecule has 0 aliphatic heterocycles. The molecule has 1 aromatic heterocycles. The van der Waals surface area contributed by atoms with Gasteiger partial charge in [-0.05, 0) is 43.5 Å². The minimum Gasteiger partial charge on any atom is -0.361 e. The zero-order valence-corrected chi connectivity index (χ0v) is 19.2. The highest BCUT2D eigenvalue weighted by molar-refractivity contribution is 7.89. The highest BCUT2D eigenvalue weighted by Gasteiger charge is 2.23. The number of benzene rings is 2. The summed E-state index contributed by atoms with van der Waals surface area (Å²) in [4.78, 5) is 17.4. The number of aromatic nitrogens is 1. The van der Waals surface area contributed by atoms with Crippen LogP contribution >= 0.6 is 11.3 Å². The molecule has 0 atom stereocenters. The third-order valence-corrected chi connectivity index (χ3v) is 7.84. The lowest BCUT2D eigenvalue weighted by Crippen LogP contribution is -2.29. The Morgan fingerprint density at radius 3 is 2.65 bits per heavy atom. The molecule has 31 heavy (non-hydrogen) atoms. The van der Waals surface area contributed by atoms with Gasteiger partial charge in [-0.1, -0.05) is 41.7 Å². The number of carbonyl (C=O) groups is 1. The van der Waals surface area contributed by atoms with E-state index in [0.29, 0.717) is 34.1 Å². The molecule has 6 nitrogen and oxygen atoms in total. The number of thiazole rings is 1. The summed E-state index contributed by atoms with van der Waals surface area (Å²) in [6.07, 6.45) is 2.07. The molecule has 0 bridgehead atoms. The van der Waals surface area contributed by atoms with E-state index in [1.165, 1.54) is 34.8 Å². The first-order valence-electron chi connectivity index (χ1n) is 9.72. The van der Waals surface area contributed by atoms with Crippen molar-refractivity contribution < 1.29 is 17.6 Å². The van der Waals surface area contributed by atoms with Crippen LogP contribution in [0, 0.1) is 19.7 Å². The van der Waals surface area contributed by atoms with E-state index in [2.05, 4.69) is 10.3 Å². The molecule has 1 heterocycles. The molecule has 0 saturated carbocycles. The van der Waals surface area contributed by atoms with Gasteiger partial charge in [-0.3, -0.25) is 4.79 Å². The molecular formula is C22H24FN3O3S2. The monoisotopic (exact) mass is 461 g/mol. The van der Waals surface area contributed by atoms with Crippen LogP contribution in [0.2, 0.25) is 0 Å². The summed E-state index contributed by atoms with van der Waals surface area (Å²) in [5.41, 5.74) is 2.06. The fourth-order valence-corrected chi connectivity index (χ4v) is 5.30. The van der Waals surface area contributed by atoms with E-state index in [4.69, 9.17) is 0 Å². The molecule has 2 aromatic carbocycles. The minimum atomic E-state index is -3.77. The van der Waals surface area contributed by atoms with Gasteiger partial charge in [-0.2, -0.15) is 0 Å². The lowest BCUT2D eigenvalue weighted by atomic mass is 10.0. The number of nitrogens with one attached hydrogen (secondary N) is 1. The van der Waals surface area contributed by atoms with E-state index < -0.39 is 15.8 Å². The lowest BCUT2D eigenvalue weighted by Gasteiger charge is -2.18. The fourth-order valence-electron chi connectivity index (χ4n) is 3.06. The van der Waals surface area contributed by atoms with Crippen molar-refractivity contribution in [3.05, 3.63) is 76.0 Å². The molecular weight excluding hydrogens is 437 g/mol. The first-order chi connectivity index (χ1) is 14.7. The normalized spacial score (nSPS) is 11.6. The summed E-state index contributed by atoms with van der Waals surface area (Å²) >= 11 is 1.26. The second-order valence-electron chi connectivity index (χ2n) is 7.19. The molecule has 0 aliphatic rings. The van der Waals surface area contributed by atoms with Gasteiger partial charge in [0.25, 0.3) is 0 Å². The van der Waals surface area contributed by atoms with Crippen LogP contribution in [0.25, 0.3) is 0 Å². The molecule has 0 unspecified atom stereocenters. The molecule has 0 radical (unpaired) electrons. The Bertz CT molecular complexity index is 1190. The zero-order valence-electron chi connectivity index (χ0n) is 17.6. The Hall–Kier alpha value is -2.62. The van der Waals surface area contributed by atoms with Crippen LogP contribution in [0.3, 0.4) is 0 Å². The topological polar surface area (TPSA) is 79.4 Å². The Balaban J connectivity index is 1.55. The number of ketones is 1. The average molecular weight is 462 g/mol. The van der Waals surface area contributed by atoms with Crippen LogP contribution in [0.4, 0.5) is 9.52 Å². The highest BCUT2D eigenvalue weighted by atomic mass is 32.2. The molecule has 3 aromatic rings. The molecule has 164 valence electrons. The summed E-state index contributed by atoms with van der Waals surface area (Å²) < 4.78 is 40.1. The minimum absolute atomic E-state index is 0.0257. The number of hydrogen-bond acceptors (Lipinski definition) is 6. The van der Waals surface area contributed by atoms with Gasteiger partial charge < -0.3 is 5.32 Å². The van der Waals surface area contributed by atoms with E-state index in [0.717, 1.165) is 11.6 Å². The number of nitrogens with zero attached hydrogens (tertiary/aromatic N) is 2. The summed E-state index contributed by atoms with van der Waals surface area (Å²) in [7, 11) is -2.30. The summed E-state index contributed by atoms with van der Waals surface area (Å²) in [6, 6.07) is 11.1. The molecule has 0 fully saturated rings. The molecule has 1 N–H and O–H groups in total. The second kappa shape index (κ2) is 9.67. The molecule has 0 saturated heterocycles. The maximum atomic E-state index is 13.5. The van der Waals surface area contributed by atoms with Crippen molar-refractivity contribution in [2.45, 2.75) is 25.2 Å². The number of halogens is 1. The van der Waals surface area contributed by atoms with E-state index in [1.807, 2.05) is 25.1 Å². The maximum Gasteiger partial charge on any atom is 0.243 e. The number of sulfonamides is 1. The van der Waals surface area contributed by atoms with Gasteiger partial charge >= 0.3 is 0 Å². The largest absolute Gasteiger partial charge is 0.361 e. The first kappa shape index (κ1) is 23.1. The van der Waals surface area contributed by atoms with Gasteiger partial charge in [0.2, 0.25) is 15.8 Å². The van der Waals surface area contributed by atoms with Gasteiger partial charge in [-0.15, -0.1) is 0 Å². The number of rotatable bonds is 9. The van der Waals surface area contributed by atoms with E-state index in [-0.39, 0.29) is 17.2 Å². The predicted octanol–water partition coefficient (Wildman–Crippen LogP) is 4.25. The zero-order chi connectivity index (χ0) is 22.6. The van der Waals surface area contributed by atoms with Crippen molar-refractivity contribution in [3.63, 3.8) is 0 Å². The lowest BCUT2D eigenvalue weighted by molar-refractivity contribution is 0.104. The Morgan fingerprint density at radius 2 is 1.90 bits per heavy atom. The van der Waals surface area contributed by atoms with Gasteiger partial charge in [0.05, 0.1) is 16.0 Å². The smallest absolute Gasteiger partial charge is 0.243 e. The van der Waals surface area contributed by atoms with Crippen molar-refractivity contribution in [1.82, 2.24) is 9.29 Å². The van der Waals surface area contributed by atoms with Crippen molar-refractivity contribution in [2.75, 3.05) is 25.5 Å². The summed E-state index contributed by atoms with van der Waals surface area (Å²) in [5.74, 6) is -0.654. The van der Waals surface area contributed by atoms with Crippen LogP contribution in [-0.4, -0.2) is 43.6 Å². The number of hydrogen-bond donors (Lipinski definition) is 1. The van der Waals surface area contributed by atoms with Crippen LogP contribution in [0.5, 0.6) is 0 Å². The molecule has 0 amide bonds. The number of anilines is 1. The number of aryl methyl sites for hydroxylation is 2. The van der Waals surface area contributed by atoms with E-state index >= 15 is 0 Å². The van der Waals surface area contributed by atoms with Gasteiger partial charge in [-0.25, -0.2) is 22.1 Å². The maximum absolute atomic E-state index is 13.5. The summed E-state index contributed by atoms with van der Waals surface area (Å²) in [5, 5.41) is 3.73. The van der Waals surface area contributed by atoms with E-state index in [9.17, 15) is 17.6 Å². The van der Waals surface area contributed by atoms with Crippen molar-refractivity contribution in [1.29, 1.82) is 0 Å². The molecule has 9 heteroatoms. The Kier molecular flexibility index (Phi) is 7.19.